The van der Waals surface area contributed by atoms with Crippen LogP contribution in [0.5, 0.6) is 17.2 Å². The summed E-state index contributed by atoms with van der Waals surface area (Å²) in [6.07, 6.45) is -0.872. The van der Waals surface area contributed by atoms with Gasteiger partial charge in [-0.15, -0.1) is 0 Å². The molecule has 0 amide bonds. The number of ether oxygens (including phenoxy) is 2. The summed E-state index contributed by atoms with van der Waals surface area (Å²) < 4.78 is 10.8. The lowest BCUT2D eigenvalue weighted by atomic mass is 10.1. The summed E-state index contributed by atoms with van der Waals surface area (Å²) in [6, 6.07) is 13.9. The van der Waals surface area contributed by atoms with Crippen molar-refractivity contribution in [2.75, 3.05) is 13.2 Å². The molecule has 2 rings (SSSR count). The minimum Gasteiger partial charge on any atom is -0.508 e. The zero-order chi connectivity index (χ0) is 14.4. The normalized spacial score (nSPS) is 11.9. The van der Waals surface area contributed by atoms with Gasteiger partial charge in [-0.05, 0) is 37.3 Å². The third kappa shape index (κ3) is 3.65. The highest BCUT2D eigenvalue weighted by Crippen LogP contribution is 2.25. The van der Waals surface area contributed by atoms with E-state index < -0.39 is 6.10 Å². The van der Waals surface area contributed by atoms with Crippen molar-refractivity contribution in [3.05, 3.63) is 54.1 Å². The topological polar surface area (TPSA) is 58.9 Å². The zero-order valence-electron chi connectivity index (χ0n) is 11.3. The first-order chi connectivity index (χ1) is 9.70. The Labute approximate surface area is 118 Å². The minimum atomic E-state index is -0.872. The Bertz CT molecular complexity index is 536. The van der Waals surface area contributed by atoms with Crippen LogP contribution in [0.15, 0.2) is 48.5 Å². The summed E-state index contributed by atoms with van der Waals surface area (Å²) in [5, 5.41) is 19.6. The van der Waals surface area contributed by atoms with Crippen LogP contribution < -0.4 is 9.47 Å². The SMILES string of the molecule is CCOc1ccc(OCC(O)c2ccccc2O)cc1. The second-order valence-corrected chi connectivity index (χ2v) is 4.29. The molecule has 1 atom stereocenters. The molecule has 0 aliphatic heterocycles. The van der Waals surface area contributed by atoms with E-state index in [-0.39, 0.29) is 12.4 Å². The molecule has 0 fully saturated rings. The second kappa shape index (κ2) is 6.82. The van der Waals surface area contributed by atoms with E-state index in [4.69, 9.17) is 9.47 Å². The molecule has 0 saturated carbocycles. The molecule has 0 aliphatic carbocycles. The van der Waals surface area contributed by atoms with Crippen molar-refractivity contribution in [3.8, 4) is 17.2 Å². The van der Waals surface area contributed by atoms with E-state index in [1.807, 2.05) is 19.1 Å². The fourth-order valence-corrected chi connectivity index (χ4v) is 1.83. The highest BCUT2D eigenvalue weighted by Gasteiger charge is 2.12. The smallest absolute Gasteiger partial charge is 0.121 e. The summed E-state index contributed by atoms with van der Waals surface area (Å²) in [6.45, 7) is 2.62. The van der Waals surface area contributed by atoms with Crippen LogP contribution >= 0.6 is 0 Å². The molecule has 0 radical (unpaired) electrons. The van der Waals surface area contributed by atoms with Crippen molar-refractivity contribution in [3.63, 3.8) is 0 Å². The number of aliphatic hydroxyl groups excluding tert-OH is 1. The lowest BCUT2D eigenvalue weighted by molar-refractivity contribution is 0.106. The molecule has 2 aromatic carbocycles. The van der Waals surface area contributed by atoms with E-state index in [9.17, 15) is 10.2 Å². The maximum absolute atomic E-state index is 9.99. The van der Waals surface area contributed by atoms with Gasteiger partial charge in [-0.1, -0.05) is 18.2 Å². The summed E-state index contributed by atoms with van der Waals surface area (Å²) in [5.74, 6) is 1.49. The van der Waals surface area contributed by atoms with Gasteiger partial charge < -0.3 is 19.7 Å². The maximum Gasteiger partial charge on any atom is 0.121 e. The maximum atomic E-state index is 9.99. The molecule has 4 heteroatoms. The van der Waals surface area contributed by atoms with E-state index in [0.717, 1.165) is 5.75 Å². The Balaban J connectivity index is 1.93. The first kappa shape index (κ1) is 14.2. The number of aromatic hydroxyl groups is 1. The van der Waals surface area contributed by atoms with Crippen LogP contribution in [-0.4, -0.2) is 23.4 Å². The molecule has 0 spiro atoms. The fraction of sp³-hybridized carbons (Fsp3) is 0.250. The fourth-order valence-electron chi connectivity index (χ4n) is 1.83. The number of aliphatic hydroxyl groups is 1. The van der Waals surface area contributed by atoms with E-state index >= 15 is 0 Å². The van der Waals surface area contributed by atoms with Crippen molar-refractivity contribution in [1.29, 1.82) is 0 Å². The molecule has 106 valence electrons. The van der Waals surface area contributed by atoms with Crippen LogP contribution in [0.2, 0.25) is 0 Å². The number of rotatable bonds is 6. The number of benzene rings is 2. The van der Waals surface area contributed by atoms with Crippen LogP contribution in [0.1, 0.15) is 18.6 Å². The number of para-hydroxylation sites is 1. The Morgan fingerprint density at radius 2 is 1.55 bits per heavy atom. The van der Waals surface area contributed by atoms with Crippen molar-refractivity contribution < 1.29 is 19.7 Å². The van der Waals surface area contributed by atoms with Crippen molar-refractivity contribution in [2.45, 2.75) is 13.0 Å². The van der Waals surface area contributed by atoms with Gasteiger partial charge in [-0.2, -0.15) is 0 Å². The monoisotopic (exact) mass is 274 g/mol. The molecule has 0 aliphatic rings. The second-order valence-electron chi connectivity index (χ2n) is 4.29. The minimum absolute atomic E-state index is 0.0651. The Morgan fingerprint density at radius 3 is 2.15 bits per heavy atom. The number of phenols is 1. The van der Waals surface area contributed by atoms with E-state index in [1.165, 1.54) is 6.07 Å². The lowest BCUT2D eigenvalue weighted by Gasteiger charge is -2.14. The van der Waals surface area contributed by atoms with Gasteiger partial charge in [-0.3, -0.25) is 0 Å². The predicted octanol–water partition coefficient (Wildman–Crippen LogP) is 2.90. The summed E-state index contributed by atoms with van der Waals surface area (Å²) in [5.41, 5.74) is 0.457. The van der Waals surface area contributed by atoms with Gasteiger partial charge in [0.15, 0.2) is 0 Å². The third-order valence-electron chi connectivity index (χ3n) is 2.84. The Morgan fingerprint density at radius 1 is 0.950 bits per heavy atom. The van der Waals surface area contributed by atoms with Crippen LogP contribution in [0, 0.1) is 0 Å². The van der Waals surface area contributed by atoms with Crippen LogP contribution in [0.25, 0.3) is 0 Å². The van der Waals surface area contributed by atoms with E-state index in [0.29, 0.717) is 17.9 Å². The molecule has 0 bridgehead atoms. The standard InChI is InChI=1S/C16H18O4/c1-2-19-12-7-9-13(10-8-12)20-11-16(18)14-5-3-4-6-15(14)17/h3-10,16-18H,2,11H2,1H3. The van der Waals surface area contributed by atoms with Crippen LogP contribution in [0.4, 0.5) is 0 Å². The van der Waals surface area contributed by atoms with Crippen molar-refractivity contribution in [1.82, 2.24) is 0 Å². The first-order valence-electron chi connectivity index (χ1n) is 6.52. The molecule has 2 N–H and O–H groups in total. The molecule has 1 unspecified atom stereocenters. The zero-order valence-corrected chi connectivity index (χ0v) is 11.3. The third-order valence-corrected chi connectivity index (χ3v) is 2.84. The summed E-state index contributed by atoms with van der Waals surface area (Å²) in [7, 11) is 0. The first-order valence-corrected chi connectivity index (χ1v) is 6.52. The largest absolute Gasteiger partial charge is 0.508 e. The molecule has 2 aromatic rings. The van der Waals surface area contributed by atoms with Gasteiger partial charge >= 0.3 is 0 Å². The van der Waals surface area contributed by atoms with Gasteiger partial charge in [-0.25, -0.2) is 0 Å². The Hall–Kier alpha value is -2.20. The molecule has 4 nitrogen and oxygen atoms in total. The number of hydrogen-bond donors (Lipinski definition) is 2. The highest BCUT2D eigenvalue weighted by atomic mass is 16.5. The van der Waals surface area contributed by atoms with Gasteiger partial charge in [0, 0.05) is 5.56 Å². The molecular formula is C16H18O4. The quantitative estimate of drug-likeness (QED) is 0.850. The van der Waals surface area contributed by atoms with E-state index in [2.05, 4.69) is 0 Å². The Kier molecular flexibility index (Phi) is 4.85. The number of hydrogen-bond acceptors (Lipinski definition) is 4. The van der Waals surface area contributed by atoms with Crippen molar-refractivity contribution in [2.24, 2.45) is 0 Å². The lowest BCUT2D eigenvalue weighted by Crippen LogP contribution is -2.09. The van der Waals surface area contributed by atoms with Gasteiger partial charge in [0.25, 0.3) is 0 Å². The molecule has 0 aromatic heterocycles. The van der Waals surface area contributed by atoms with Crippen LogP contribution in [0.3, 0.4) is 0 Å². The average molecular weight is 274 g/mol. The van der Waals surface area contributed by atoms with Gasteiger partial charge in [0.2, 0.25) is 0 Å². The summed E-state index contributed by atoms with van der Waals surface area (Å²) in [4.78, 5) is 0. The predicted molar refractivity (Wildman–Crippen MR) is 76.2 cm³/mol. The van der Waals surface area contributed by atoms with Gasteiger partial charge in [0.1, 0.15) is 30.0 Å². The molecule has 0 heterocycles. The van der Waals surface area contributed by atoms with Crippen LogP contribution in [-0.2, 0) is 0 Å². The summed E-state index contributed by atoms with van der Waals surface area (Å²) >= 11 is 0. The highest BCUT2D eigenvalue weighted by molar-refractivity contribution is 5.34. The van der Waals surface area contributed by atoms with Crippen molar-refractivity contribution >= 4 is 0 Å². The number of phenolic OH excluding ortho intramolecular Hbond substituents is 1. The average Bonchev–Trinajstić information content (AvgIpc) is 2.47. The molecular weight excluding hydrogens is 256 g/mol. The molecule has 20 heavy (non-hydrogen) atoms. The molecule has 0 saturated heterocycles. The van der Waals surface area contributed by atoms with E-state index in [1.54, 1.807) is 30.3 Å². The van der Waals surface area contributed by atoms with Gasteiger partial charge in [0.05, 0.1) is 6.61 Å².